The third-order valence-electron chi connectivity index (χ3n) is 4.29. The summed E-state index contributed by atoms with van der Waals surface area (Å²) in [6.07, 6.45) is 0.504. The summed E-state index contributed by atoms with van der Waals surface area (Å²) in [5.41, 5.74) is 3.23. The molecular formula is C20H18Br2N4O2S. The fraction of sp³-hybridized carbons (Fsp3) is 0.250. The fourth-order valence-corrected chi connectivity index (χ4v) is 5.09. The van der Waals surface area contributed by atoms with Gasteiger partial charge in [-0.2, -0.15) is 4.98 Å². The highest BCUT2D eigenvalue weighted by Crippen LogP contribution is 2.43. The van der Waals surface area contributed by atoms with E-state index in [-0.39, 0.29) is 0 Å². The molecule has 29 heavy (non-hydrogen) atoms. The van der Waals surface area contributed by atoms with Crippen LogP contribution in [0.3, 0.4) is 0 Å². The SMILES string of the molecule is CCCSc1nnc2c(n1)O[C@@H](c1cc(Br)cc(Br)c1OC)Nc1ccccc1-2. The summed E-state index contributed by atoms with van der Waals surface area (Å²) in [5, 5.41) is 12.8. The number of benzene rings is 2. The van der Waals surface area contributed by atoms with Crippen molar-refractivity contribution in [1.29, 1.82) is 0 Å². The second kappa shape index (κ2) is 8.89. The summed E-state index contributed by atoms with van der Waals surface area (Å²) in [7, 11) is 1.64. The van der Waals surface area contributed by atoms with E-state index in [2.05, 4.69) is 59.3 Å². The number of thioether (sulfide) groups is 1. The van der Waals surface area contributed by atoms with Crippen LogP contribution in [-0.4, -0.2) is 28.0 Å². The van der Waals surface area contributed by atoms with Crippen molar-refractivity contribution in [2.45, 2.75) is 24.7 Å². The van der Waals surface area contributed by atoms with Gasteiger partial charge < -0.3 is 14.8 Å². The van der Waals surface area contributed by atoms with Crippen LogP contribution in [0.15, 0.2) is 50.5 Å². The Morgan fingerprint density at radius 1 is 1.21 bits per heavy atom. The molecule has 0 amide bonds. The van der Waals surface area contributed by atoms with Crippen LogP contribution >= 0.6 is 43.6 Å². The highest BCUT2D eigenvalue weighted by molar-refractivity contribution is 9.11. The van der Waals surface area contributed by atoms with Gasteiger partial charge in [-0.05, 0) is 40.5 Å². The third kappa shape index (κ3) is 4.22. The molecule has 1 atom stereocenters. The Morgan fingerprint density at radius 3 is 2.83 bits per heavy atom. The number of methoxy groups -OCH3 is 1. The quantitative estimate of drug-likeness (QED) is 0.395. The molecule has 6 nitrogen and oxygen atoms in total. The Bertz CT molecular complexity index is 1050. The Morgan fingerprint density at radius 2 is 2.03 bits per heavy atom. The number of para-hydroxylation sites is 1. The molecule has 150 valence electrons. The van der Waals surface area contributed by atoms with E-state index in [0.29, 0.717) is 22.5 Å². The lowest BCUT2D eigenvalue weighted by Crippen LogP contribution is -2.18. The largest absolute Gasteiger partial charge is 0.495 e. The van der Waals surface area contributed by atoms with Crippen LogP contribution in [0.5, 0.6) is 11.6 Å². The molecule has 2 aromatic carbocycles. The Labute approximate surface area is 190 Å². The van der Waals surface area contributed by atoms with E-state index in [4.69, 9.17) is 9.47 Å². The summed E-state index contributed by atoms with van der Waals surface area (Å²) in [5.74, 6) is 2.05. The number of nitrogens with one attached hydrogen (secondary N) is 1. The van der Waals surface area contributed by atoms with Gasteiger partial charge in [-0.3, -0.25) is 0 Å². The lowest BCUT2D eigenvalue weighted by atomic mass is 10.1. The Balaban J connectivity index is 1.84. The Hall–Kier alpha value is -1.84. The number of ether oxygens (including phenoxy) is 2. The lowest BCUT2D eigenvalue weighted by Gasteiger charge is -2.22. The number of rotatable bonds is 5. The van der Waals surface area contributed by atoms with Crippen molar-refractivity contribution in [2.24, 2.45) is 0 Å². The number of aromatic nitrogens is 3. The molecule has 0 saturated carbocycles. The van der Waals surface area contributed by atoms with E-state index in [1.807, 2.05) is 36.4 Å². The maximum Gasteiger partial charge on any atom is 0.247 e. The van der Waals surface area contributed by atoms with Crippen LogP contribution in [0.4, 0.5) is 5.69 Å². The van der Waals surface area contributed by atoms with Gasteiger partial charge in [0.1, 0.15) is 5.75 Å². The van der Waals surface area contributed by atoms with E-state index < -0.39 is 6.23 Å². The first-order valence-electron chi connectivity index (χ1n) is 9.03. The number of halogens is 2. The molecular weight excluding hydrogens is 520 g/mol. The zero-order chi connectivity index (χ0) is 20.4. The molecule has 2 heterocycles. The average molecular weight is 538 g/mol. The molecule has 0 aliphatic carbocycles. The summed E-state index contributed by atoms with van der Waals surface area (Å²) in [4.78, 5) is 4.65. The molecule has 9 heteroatoms. The molecule has 0 unspecified atom stereocenters. The maximum absolute atomic E-state index is 6.34. The van der Waals surface area contributed by atoms with Crippen molar-refractivity contribution in [2.75, 3.05) is 18.2 Å². The summed E-state index contributed by atoms with van der Waals surface area (Å²) in [6, 6.07) is 11.8. The van der Waals surface area contributed by atoms with Gasteiger partial charge in [0, 0.05) is 21.5 Å². The normalized spacial score (nSPS) is 14.8. The standard InChI is InChI=1S/C20H18Br2N4O2S/c1-3-8-29-20-24-19-16(25-26-20)12-6-4-5-7-15(12)23-18(28-19)13-9-11(21)10-14(22)17(13)27-2/h4-7,9-10,18,23H,3,8H2,1-2H3/t18-/m0/s1. The van der Waals surface area contributed by atoms with E-state index in [1.165, 1.54) is 0 Å². The second-order valence-electron chi connectivity index (χ2n) is 6.29. The van der Waals surface area contributed by atoms with Crippen molar-refractivity contribution in [3.8, 4) is 22.9 Å². The van der Waals surface area contributed by atoms with Crippen LogP contribution in [0.2, 0.25) is 0 Å². The molecule has 3 aromatic rings. The van der Waals surface area contributed by atoms with Crippen molar-refractivity contribution in [3.05, 3.63) is 50.9 Å². The van der Waals surface area contributed by atoms with Crippen LogP contribution in [0.1, 0.15) is 25.1 Å². The van der Waals surface area contributed by atoms with Crippen LogP contribution in [0.25, 0.3) is 11.3 Å². The predicted octanol–water partition coefficient (Wildman–Crippen LogP) is 6.08. The first-order valence-corrected chi connectivity index (χ1v) is 11.6. The minimum Gasteiger partial charge on any atom is -0.495 e. The minimum absolute atomic E-state index is 0.444. The van der Waals surface area contributed by atoms with E-state index in [0.717, 1.165) is 37.9 Å². The minimum atomic E-state index is -0.526. The van der Waals surface area contributed by atoms with Gasteiger partial charge in [0.25, 0.3) is 0 Å². The monoisotopic (exact) mass is 536 g/mol. The van der Waals surface area contributed by atoms with E-state index in [9.17, 15) is 0 Å². The first kappa shape index (κ1) is 20.4. The van der Waals surface area contributed by atoms with Gasteiger partial charge in [-0.25, -0.2) is 0 Å². The summed E-state index contributed by atoms with van der Waals surface area (Å²) in [6.45, 7) is 2.12. The molecule has 1 aliphatic heterocycles. The number of fused-ring (bicyclic) bond motifs is 3. The van der Waals surface area contributed by atoms with Gasteiger partial charge in [0.05, 0.1) is 17.1 Å². The van der Waals surface area contributed by atoms with Gasteiger partial charge >= 0.3 is 0 Å². The lowest BCUT2D eigenvalue weighted by molar-refractivity contribution is 0.219. The first-order chi connectivity index (χ1) is 14.1. The zero-order valence-electron chi connectivity index (χ0n) is 15.8. The van der Waals surface area contributed by atoms with E-state index in [1.54, 1.807) is 18.9 Å². The van der Waals surface area contributed by atoms with Crippen molar-refractivity contribution in [3.63, 3.8) is 0 Å². The molecule has 1 aliphatic rings. The maximum atomic E-state index is 6.34. The number of hydrogen-bond acceptors (Lipinski definition) is 7. The smallest absolute Gasteiger partial charge is 0.247 e. The fourth-order valence-electron chi connectivity index (χ4n) is 3.03. The Kier molecular flexibility index (Phi) is 6.26. The molecule has 0 radical (unpaired) electrons. The number of hydrogen-bond donors (Lipinski definition) is 1. The van der Waals surface area contributed by atoms with Gasteiger partial charge in [0.15, 0.2) is 5.69 Å². The molecule has 0 spiro atoms. The molecule has 4 rings (SSSR count). The van der Waals surface area contributed by atoms with Crippen LogP contribution in [-0.2, 0) is 0 Å². The summed E-state index contributed by atoms with van der Waals surface area (Å²) < 4.78 is 13.7. The molecule has 0 saturated heterocycles. The summed E-state index contributed by atoms with van der Waals surface area (Å²) >= 11 is 8.69. The highest BCUT2D eigenvalue weighted by Gasteiger charge is 2.28. The molecule has 1 N–H and O–H groups in total. The highest BCUT2D eigenvalue weighted by atomic mass is 79.9. The number of nitrogens with zero attached hydrogens (tertiary/aromatic N) is 3. The predicted molar refractivity (Wildman–Crippen MR) is 122 cm³/mol. The number of anilines is 1. The van der Waals surface area contributed by atoms with Crippen molar-refractivity contribution in [1.82, 2.24) is 15.2 Å². The second-order valence-corrected chi connectivity index (χ2v) is 9.13. The van der Waals surface area contributed by atoms with Crippen LogP contribution < -0.4 is 14.8 Å². The average Bonchev–Trinajstić information content (AvgIpc) is 2.88. The van der Waals surface area contributed by atoms with Crippen molar-refractivity contribution >= 4 is 49.3 Å². The molecule has 0 fully saturated rings. The van der Waals surface area contributed by atoms with Crippen molar-refractivity contribution < 1.29 is 9.47 Å². The van der Waals surface area contributed by atoms with E-state index >= 15 is 0 Å². The van der Waals surface area contributed by atoms with Crippen LogP contribution in [0, 0.1) is 0 Å². The van der Waals surface area contributed by atoms with Gasteiger partial charge in [0.2, 0.25) is 17.3 Å². The molecule has 0 bridgehead atoms. The third-order valence-corrected chi connectivity index (χ3v) is 6.38. The van der Waals surface area contributed by atoms with Gasteiger partial charge in [-0.15, -0.1) is 10.2 Å². The topological polar surface area (TPSA) is 69.2 Å². The molecule has 1 aromatic heterocycles. The van der Waals surface area contributed by atoms with Gasteiger partial charge in [-0.1, -0.05) is 52.8 Å². The zero-order valence-corrected chi connectivity index (χ0v) is 19.8.